The molecule has 1 spiro atoms. The summed E-state index contributed by atoms with van der Waals surface area (Å²) in [5.74, 6) is -2.19. The highest BCUT2D eigenvalue weighted by atomic mass is 19.4. The van der Waals surface area contributed by atoms with Gasteiger partial charge in [0.05, 0.1) is 18.8 Å². The second kappa shape index (κ2) is 10.2. The molecule has 0 bridgehead atoms. The average Bonchev–Trinajstić information content (AvgIpc) is 3.02. The Hall–Kier alpha value is -1.64. The van der Waals surface area contributed by atoms with Gasteiger partial charge in [-0.3, -0.25) is 4.90 Å². The van der Waals surface area contributed by atoms with Crippen molar-refractivity contribution in [1.82, 2.24) is 4.90 Å². The second-order valence-corrected chi connectivity index (χ2v) is 7.27. The van der Waals surface area contributed by atoms with Crippen LogP contribution in [0.3, 0.4) is 0 Å². The van der Waals surface area contributed by atoms with Gasteiger partial charge >= 0.3 is 12.1 Å². The largest absolute Gasteiger partial charge is 0.490 e. The van der Waals surface area contributed by atoms with E-state index in [0.29, 0.717) is 5.92 Å². The number of morpholine rings is 1. The number of carboxylic acids is 1. The van der Waals surface area contributed by atoms with Gasteiger partial charge in [0.15, 0.2) is 0 Å². The fourth-order valence-corrected chi connectivity index (χ4v) is 3.95. The van der Waals surface area contributed by atoms with Crippen LogP contribution in [0.15, 0.2) is 30.3 Å². The van der Waals surface area contributed by atoms with E-state index in [1.165, 1.54) is 24.8 Å². The molecule has 158 valence electrons. The molecule has 28 heavy (non-hydrogen) atoms. The molecular weight excluding hydrogens is 375 g/mol. The molecule has 3 rings (SSSR count). The Balaban J connectivity index is 0.000000345. The van der Waals surface area contributed by atoms with Gasteiger partial charge in [0.1, 0.15) is 0 Å². The highest BCUT2D eigenvalue weighted by molar-refractivity contribution is 5.73. The van der Waals surface area contributed by atoms with Crippen molar-refractivity contribution >= 4 is 5.97 Å². The van der Waals surface area contributed by atoms with E-state index in [1.807, 2.05) is 7.11 Å². The lowest BCUT2D eigenvalue weighted by Gasteiger charge is -2.44. The van der Waals surface area contributed by atoms with Crippen molar-refractivity contribution in [3.63, 3.8) is 0 Å². The number of rotatable bonds is 5. The van der Waals surface area contributed by atoms with E-state index in [9.17, 15) is 13.2 Å². The van der Waals surface area contributed by atoms with Crippen LogP contribution in [0.4, 0.5) is 13.2 Å². The Morgan fingerprint density at radius 1 is 1.36 bits per heavy atom. The van der Waals surface area contributed by atoms with Crippen LogP contribution in [0.25, 0.3) is 0 Å². The summed E-state index contributed by atoms with van der Waals surface area (Å²) in [4.78, 5) is 11.5. The first-order valence-corrected chi connectivity index (χ1v) is 9.46. The van der Waals surface area contributed by atoms with Crippen molar-refractivity contribution in [2.45, 2.75) is 37.5 Å². The quantitative estimate of drug-likeness (QED) is 0.817. The molecule has 1 aromatic rings. The third-order valence-corrected chi connectivity index (χ3v) is 5.35. The summed E-state index contributed by atoms with van der Waals surface area (Å²) in [7, 11) is 1.81. The molecule has 1 saturated heterocycles. The van der Waals surface area contributed by atoms with Gasteiger partial charge in [-0.05, 0) is 24.8 Å². The molecule has 1 N–H and O–H groups in total. The third kappa shape index (κ3) is 6.46. The Morgan fingerprint density at radius 2 is 2.04 bits per heavy atom. The molecule has 2 atom stereocenters. The highest BCUT2D eigenvalue weighted by Gasteiger charge is 2.46. The van der Waals surface area contributed by atoms with E-state index in [1.54, 1.807) is 0 Å². The smallest absolute Gasteiger partial charge is 0.475 e. The average molecular weight is 403 g/mol. The van der Waals surface area contributed by atoms with Crippen LogP contribution < -0.4 is 0 Å². The first-order valence-electron chi connectivity index (χ1n) is 9.46. The molecule has 0 radical (unpaired) electrons. The van der Waals surface area contributed by atoms with Gasteiger partial charge in [0.2, 0.25) is 0 Å². The zero-order valence-corrected chi connectivity index (χ0v) is 16.1. The van der Waals surface area contributed by atoms with Crippen molar-refractivity contribution in [2.75, 3.05) is 40.0 Å². The number of hydrogen-bond donors (Lipinski definition) is 1. The molecule has 1 aromatic carbocycles. The minimum atomic E-state index is -5.08. The van der Waals surface area contributed by atoms with Crippen LogP contribution >= 0.6 is 0 Å². The van der Waals surface area contributed by atoms with Crippen molar-refractivity contribution in [3.05, 3.63) is 35.9 Å². The predicted molar refractivity (Wildman–Crippen MR) is 98.2 cm³/mol. The van der Waals surface area contributed by atoms with Crippen molar-refractivity contribution in [3.8, 4) is 0 Å². The Morgan fingerprint density at radius 3 is 2.64 bits per heavy atom. The maximum Gasteiger partial charge on any atom is 0.490 e. The minimum Gasteiger partial charge on any atom is -0.475 e. The van der Waals surface area contributed by atoms with Crippen molar-refractivity contribution < 1.29 is 32.5 Å². The number of hydrogen-bond acceptors (Lipinski definition) is 4. The molecule has 2 aliphatic rings. The number of halogens is 3. The summed E-state index contributed by atoms with van der Waals surface area (Å²) < 4.78 is 43.4. The molecular formula is C20H28F3NO4. The fourth-order valence-electron chi connectivity index (χ4n) is 3.95. The zero-order chi connectivity index (χ0) is 20.6. The van der Waals surface area contributed by atoms with Crippen LogP contribution in [0.1, 0.15) is 24.8 Å². The van der Waals surface area contributed by atoms with E-state index in [4.69, 9.17) is 19.4 Å². The van der Waals surface area contributed by atoms with Gasteiger partial charge < -0.3 is 14.6 Å². The van der Waals surface area contributed by atoms with Crippen molar-refractivity contribution in [1.29, 1.82) is 0 Å². The summed E-state index contributed by atoms with van der Waals surface area (Å²) in [6.07, 6.45) is -0.227. The van der Waals surface area contributed by atoms with Gasteiger partial charge in [0, 0.05) is 32.7 Å². The molecule has 0 unspecified atom stereocenters. The zero-order valence-electron chi connectivity index (χ0n) is 16.1. The lowest BCUT2D eigenvalue weighted by molar-refractivity contribution is -0.192. The lowest BCUT2D eigenvalue weighted by atomic mass is 9.89. The number of alkyl halides is 3. The molecule has 0 aromatic heterocycles. The molecule has 1 aliphatic heterocycles. The maximum absolute atomic E-state index is 10.6. The van der Waals surface area contributed by atoms with Crippen LogP contribution in [0, 0.1) is 5.92 Å². The molecule has 1 heterocycles. The van der Waals surface area contributed by atoms with E-state index >= 15 is 0 Å². The topological polar surface area (TPSA) is 59.0 Å². The van der Waals surface area contributed by atoms with E-state index in [2.05, 4.69) is 35.2 Å². The number of carbonyl (C=O) groups is 1. The van der Waals surface area contributed by atoms with Gasteiger partial charge in [-0.1, -0.05) is 36.8 Å². The standard InChI is InChI=1S/C18H27NO2.C2HF3O2/c1-20-14-17-8-5-10-18(17)15-19(12-13-21-18)11-9-16-6-3-2-4-7-16;3-2(4,5)1(6)7/h2-4,6-7,17H,5,8-15H2,1H3;(H,6,7)/t17-,18+;/m1./s1. The predicted octanol–water partition coefficient (Wildman–Crippen LogP) is 3.38. The second-order valence-electron chi connectivity index (χ2n) is 7.27. The van der Waals surface area contributed by atoms with E-state index < -0.39 is 12.1 Å². The molecule has 8 heteroatoms. The first kappa shape index (κ1) is 22.6. The van der Waals surface area contributed by atoms with Gasteiger partial charge in [-0.25, -0.2) is 4.79 Å². The number of aliphatic carboxylic acids is 1. The van der Waals surface area contributed by atoms with Gasteiger partial charge in [-0.15, -0.1) is 0 Å². The number of ether oxygens (including phenoxy) is 2. The van der Waals surface area contributed by atoms with Gasteiger partial charge in [-0.2, -0.15) is 13.2 Å². The number of nitrogens with zero attached hydrogens (tertiary/aromatic N) is 1. The molecule has 0 amide bonds. The highest BCUT2D eigenvalue weighted by Crippen LogP contribution is 2.41. The molecule has 1 saturated carbocycles. The van der Waals surface area contributed by atoms with E-state index in [-0.39, 0.29) is 5.60 Å². The summed E-state index contributed by atoms with van der Waals surface area (Å²) in [6, 6.07) is 10.8. The normalized spacial score (nSPS) is 25.4. The first-order chi connectivity index (χ1) is 13.3. The number of methoxy groups -OCH3 is 1. The SMILES string of the molecule is COC[C@H]1CCC[C@]12CN(CCc1ccccc1)CCO2.O=C(O)C(F)(F)F. The summed E-state index contributed by atoms with van der Waals surface area (Å²) >= 11 is 0. The van der Waals surface area contributed by atoms with Crippen LogP contribution in [-0.2, 0) is 20.7 Å². The Labute approximate surface area is 163 Å². The number of carboxylic acid groups (broad SMARTS) is 1. The maximum atomic E-state index is 10.6. The van der Waals surface area contributed by atoms with Crippen LogP contribution in [0.2, 0.25) is 0 Å². The fraction of sp³-hybridized carbons (Fsp3) is 0.650. The Bertz CT molecular complexity index is 611. The van der Waals surface area contributed by atoms with Gasteiger partial charge in [0.25, 0.3) is 0 Å². The summed E-state index contributed by atoms with van der Waals surface area (Å²) in [6.45, 7) is 4.98. The monoisotopic (exact) mass is 403 g/mol. The Kier molecular flexibility index (Phi) is 8.27. The molecule has 2 fully saturated rings. The summed E-state index contributed by atoms with van der Waals surface area (Å²) in [5, 5.41) is 7.12. The minimum absolute atomic E-state index is 0.0605. The number of benzene rings is 1. The van der Waals surface area contributed by atoms with Crippen LogP contribution in [-0.4, -0.2) is 67.7 Å². The molecule has 5 nitrogen and oxygen atoms in total. The van der Waals surface area contributed by atoms with Crippen molar-refractivity contribution in [2.24, 2.45) is 5.92 Å². The van der Waals surface area contributed by atoms with E-state index in [0.717, 1.165) is 39.3 Å². The van der Waals surface area contributed by atoms with Crippen LogP contribution in [0.5, 0.6) is 0 Å². The third-order valence-electron chi connectivity index (χ3n) is 5.35. The summed E-state index contributed by atoms with van der Waals surface area (Å²) in [5.41, 5.74) is 1.49. The molecule has 1 aliphatic carbocycles. The lowest BCUT2D eigenvalue weighted by Crippen LogP contribution is -2.55.